The zero-order valence-corrected chi connectivity index (χ0v) is 11.6. The Morgan fingerprint density at radius 3 is 2.20 bits per heavy atom. The number of nitrogens with two attached hydrogens (primary N) is 1. The van der Waals surface area contributed by atoms with E-state index in [0.29, 0.717) is 6.42 Å². The molecule has 1 amide bonds. The van der Waals surface area contributed by atoms with Crippen LogP contribution < -0.4 is 11.1 Å². The van der Waals surface area contributed by atoms with Crippen molar-refractivity contribution in [3.05, 3.63) is 71.8 Å². The maximum Gasteiger partial charge on any atom is 0.237 e. The minimum absolute atomic E-state index is 0.0366. The van der Waals surface area contributed by atoms with Crippen LogP contribution in [0.2, 0.25) is 0 Å². The van der Waals surface area contributed by atoms with Gasteiger partial charge in [-0.15, -0.1) is 0 Å². The Morgan fingerprint density at radius 2 is 1.60 bits per heavy atom. The van der Waals surface area contributed by atoms with Crippen molar-refractivity contribution in [2.75, 3.05) is 0 Å². The first-order valence-corrected chi connectivity index (χ1v) is 6.81. The number of hydrogen-bond acceptors (Lipinski definition) is 2. The van der Waals surface area contributed by atoms with Gasteiger partial charge in [0.05, 0.1) is 12.1 Å². The molecule has 104 valence electrons. The second kappa shape index (κ2) is 6.87. The predicted molar refractivity (Wildman–Crippen MR) is 81.1 cm³/mol. The molecule has 20 heavy (non-hydrogen) atoms. The van der Waals surface area contributed by atoms with Gasteiger partial charge in [-0.2, -0.15) is 0 Å². The monoisotopic (exact) mass is 268 g/mol. The smallest absolute Gasteiger partial charge is 0.237 e. The van der Waals surface area contributed by atoms with E-state index in [0.717, 1.165) is 11.1 Å². The highest BCUT2D eigenvalue weighted by Crippen LogP contribution is 2.11. The highest BCUT2D eigenvalue weighted by Gasteiger charge is 2.16. The molecule has 3 N–H and O–H groups in total. The van der Waals surface area contributed by atoms with Gasteiger partial charge in [0.2, 0.25) is 5.91 Å². The van der Waals surface area contributed by atoms with Crippen molar-refractivity contribution in [3.8, 4) is 0 Å². The fraction of sp³-hybridized carbons (Fsp3) is 0.235. The lowest BCUT2D eigenvalue weighted by Crippen LogP contribution is -2.42. The van der Waals surface area contributed by atoms with E-state index in [9.17, 15) is 4.79 Å². The summed E-state index contributed by atoms with van der Waals surface area (Å²) < 4.78 is 0. The molecule has 0 heterocycles. The minimum Gasteiger partial charge on any atom is -0.348 e. The van der Waals surface area contributed by atoms with Crippen molar-refractivity contribution < 1.29 is 4.79 Å². The molecule has 0 saturated carbocycles. The molecule has 0 aliphatic heterocycles. The maximum absolute atomic E-state index is 12.1. The van der Waals surface area contributed by atoms with Gasteiger partial charge in [-0.05, 0) is 24.5 Å². The quantitative estimate of drug-likeness (QED) is 0.875. The fourth-order valence-corrected chi connectivity index (χ4v) is 2.11. The van der Waals surface area contributed by atoms with Gasteiger partial charge < -0.3 is 11.1 Å². The van der Waals surface area contributed by atoms with Crippen LogP contribution in [0.5, 0.6) is 0 Å². The summed E-state index contributed by atoms with van der Waals surface area (Å²) in [5.74, 6) is -0.120. The number of amides is 1. The summed E-state index contributed by atoms with van der Waals surface area (Å²) in [6, 6.07) is 19.1. The van der Waals surface area contributed by atoms with Crippen LogP contribution in [0.3, 0.4) is 0 Å². The van der Waals surface area contributed by atoms with Gasteiger partial charge >= 0.3 is 0 Å². The molecule has 0 bridgehead atoms. The Labute approximate surface area is 119 Å². The van der Waals surface area contributed by atoms with Gasteiger partial charge in [0.15, 0.2) is 0 Å². The molecule has 3 nitrogen and oxygen atoms in total. The highest BCUT2D eigenvalue weighted by atomic mass is 16.2. The topological polar surface area (TPSA) is 55.1 Å². The van der Waals surface area contributed by atoms with Crippen molar-refractivity contribution in [2.45, 2.75) is 25.4 Å². The average Bonchev–Trinajstić information content (AvgIpc) is 2.49. The van der Waals surface area contributed by atoms with E-state index in [-0.39, 0.29) is 11.9 Å². The number of carbonyl (C=O) groups is 1. The van der Waals surface area contributed by atoms with E-state index in [2.05, 4.69) is 5.32 Å². The van der Waals surface area contributed by atoms with Crippen molar-refractivity contribution in [3.63, 3.8) is 0 Å². The minimum atomic E-state index is -0.524. The van der Waals surface area contributed by atoms with Crippen molar-refractivity contribution in [2.24, 2.45) is 5.73 Å². The largest absolute Gasteiger partial charge is 0.348 e. The Kier molecular flexibility index (Phi) is 4.91. The Morgan fingerprint density at radius 1 is 1.05 bits per heavy atom. The molecule has 2 rings (SSSR count). The molecule has 0 saturated heterocycles. The fourth-order valence-electron chi connectivity index (χ4n) is 2.11. The standard InChI is InChI=1S/C17H20N2O/c1-13(15-10-6-3-7-11-15)19-17(20)16(18)12-14-8-4-2-5-9-14/h2-11,13,16H,12,18H2,1H3,(H,19,20)/t13-,16?/m0/s1. The molecule has 1 unspecified atom stereocenters. The summed E-state index contributed by atoms with van der Waals surface area (Å²) >= 11 is 0. The molecule has 0 aliphatic carbocycles. The van der Waals surface area contributed by atoms with Crippen LogP contribution in [-0.4, -0.2) is 11.9 Å². The number of hydrogen-bond donors (Lipinski definition) is 2. The highest BCUT2D eigenvalue weighted by molar-refractivity contribution is 5.82. The molecule has 0 spiro atoms. The third-order valence-corrected chi connectivity index (χ3v) is 3.29. The molecular formula is C17H20N2O. The molecular weight excluding hydrogens is 248 g/mol. The number of rotatable bonds is 5. The van der Waals surface area contributed by atoms with Gasteiger partial charge in [-0.25, -0.2) is 0 Å². The van der Waals surface area contributed by atoms with E-state index in [1.165, 1.54) is 0 Å². The second-order valence-corrected chi connectivity index (χ2v) is 4.94. The molecule has 2 aromatic carbocycles. The second-order valence-electron chi connectivity index (χ2n) is 4.94. The van der Waals surface area contributed by atoms with Gasteiger partial charge in [0.1, 0.15) is 0 Å². The zero-order valence-electron chi connectivity index (χ0n) is 11.6. The van der Waals surface area contributed by atoms with Crippen molar-refractivity contribution >= 4 is 5.91 Å². The molecule has 0 radical (unpaired) electrons. The summed E-state index contributed by atoms with van der Waals surface area (Å²) in [7, 11) is 0. The van der Waals surface area contributed by atoms with Gasteiger partial charge in [-0.3, -0.25) is 4.79 Å². The van der Waals surface area contributed by atoms with Crippen LogP contribution in [0.25, 0.3) is 0 Å². The first kappa shape index (κ1) is 14.3. The number of carbonyl (C=O) groups excluding carboxylic acids is 1. The lowest BCUT2D eigenvalue weighted by molar-refractivity contribution is -0.123. The summed E-state index contributed by atoms with van der Waals surface area (Å²) in [6.07, 6.45) is 0.550. The average molecular weight is 268 g/mol. The van der Waals surface area contributed by atoms with Crippen LogP contribution in [0.1, 0.15) is 24.1 Å². The van der Waals surface area contributed by atoms with Crippen LogP contribution in [0.4, 0.5) is 0 Å². The summed E-state index contributed by atoms with van der Waals surface area (Å²) in [6.45, 7) is 1.96. The first-order chi connectivity index (χ1) is 9.66. The van der Waals surface area contributed by atoms with Crippen molar-refractivity contribution in [1.82, 2.24) is 5.32 Å². The van der Waals surface area contributed by atoms with Gasteiger partial charge in [0.25, 0.3) is 0 Å². The lowest BCUT2D eigenvalue weighted by atomic mass is 10.0. The molecule has 3 heteroatoms. The summed E-state index contributed by atoms with van der Waals surface area (Å²) in [5, 5.41) is 2.95. The molecule has 0 aliphatic rings. The first-order valence-electron chi connectivity index (χ1n) is 6.81. The SMILES string of the molecule is C[C@H](NC(=O)C(N)Cc1ccccc1)c1ccccc1. The molecule has 0 fully saturated rings. The van der Waals surface area contributed by atoms with E-state index >= 15 is 0 Å². The molecule has 2 aromatic rings. The Bertz CT molecular complexity index is 539. The van der Waals surface area contributed by atoms with E-state index in [4.69, 9.17) is 5.73 Å². The van der Waals surface area contributed by atoms with E-state index in [1.54, 1.807) is 0 Å². The number of nitrogens with one attached hydrogen (secondary N) is 1. The third kappa shape index (κ3) is 3.93. The molecule has 2 atom stereocenters. The Hall–Kier alpha value is -2.13. The molecule has 0 aromatic heterocycles. The van der Waals surface area contributed by atoms with E-state index in [1.807, 2.05) is 67.6 Å². The summed E-state index contributed by atoms with van der Waals surface area (Å²) in [5.41, 5.74) is 8.11. The van der Waals surface area contributed by atoms with Crippen molar-refractivity contribution in [1.29, 1.82) is 0 Å². The van der Waals surface area contributed by atoms with Gasteiger partial charge in [0, 0.05) is 0 Å². The normalized spacial score (nSPS) is 13.5. The van der Waals surface area contributed by atoms with Crippen LogP contribution in [0, 0.1) is 0 Å². The number of benzene rings is 2. The maximum atomic E-state index is 12.1. The van der Waals surface area contributed by atoms with Crippen LogP contribution >= 0.6 is 0 Å². The summed E-state index contributed by atoms with van der Waals surface area (Å²) in [4.78, 5) is 12.1. The van der Waals surface area contributed by atoms with Crippen LogP contribution in [0.15, 0.2) is 60.7 Å². The predicted octanol–water partition coefficient (Wildman–Crippen LogP) is 2.43. The van der Waals surface area contributed by atoms with E-state index < -0.39 is 6.04 Å². The van der Waals surface area contributed by atoms with Crippen LogP contribution in [-0.2, 0) is 11.2 Å². The Balaban J connectivity index is 1.91. The third-order valence-electron chi connectivity index (χ3n) is 3.29. The van der Waals surface area contributed by atoms with Gasteiger partial charge in [-0.1, -0.05) is 60.7 Å². The zero-order chi connectivity index (χ0) is 14.4. The lowest BCUT2D eigenvalue weighted by Gasteiger charge is -2.18.